The number of aromatic amines is 1. The van der Waals surface area contributed by atoms with Gasteiger partial charge in [-0.25, -0.2) is 0 Å². The van der Waals surface area contributed by atoms with Crippen molar-refractivity contribution in [2.75, 3.05) is 19.6 Å². The normalized spacial score (nSPS) is 21.6. The molecule has 2 aliphatic heterocycles. The van der Waals surface area contributed by atoms with Gasteiger partial charge in [0.15, 0.2) is 0 Å². The van der Waals surface area contributed by atoms with Crippen LogP contribution in [0.5, 0.6) is 0 Å². The summed E-state index contributed by atoms with van der Waals surface area (Å²) in [6.45, 7) is 0.898. The summed E-state index contributed by atoms with van der Waals surface area (Å²) >= 11 is 13.4. The first-order chi connectivity index (χ1) is 20.1. The molecule has 0 saturated carbocycles. The molecule has 3 heterocycles. The molecule has 0 unspecified atom stereocenters. The van der Waals surface area contributed by atoms with Gasteiger partial charge in [0.2, 0.25) is 5.91 Å². The van der Waals surface area contributed by atoms with Crippen LogP contribution in [0.15, 0.2) is 42.6 Å². The second kappa shape index (κ2) is 11.6. The van der Waals surface area contributed by atoms with E-state index in [9.17, 15) is 22.8 Å². The monoisotopic (exact) mass is 618 g/mol. The zero-order valence-corrected chi connectivity index (χ0v) is 24.4. The van der Waals surface area contributed by atoms with Crippen molar-refractivity contribution in [3.63, 3.8) is 0 Å². The van der Waals surface area contributed by atoms with Crippen LogP contribution in [-0.4, -0.2) is 63.7 Å². The quantitative estimate of drug-likeness (QED) is 0.344. The number of hydrogen-bond donors (Lipinski definition) is 1. The lowest BCUT2D eigenvalue weighted by molar-refractivity contribution is -0.183. The molecule has 2 aromatic carbocycles. The molecule has 6 nitrogen and oxygen atoms in total. The van der Waals surface area contributed by atoms with E-state index in [1.807, 2.05) is 23.2 Å². The van der Waals surface area contributed by atoms with Crippen molar-refractivity contribution in [1.82, 2.24) is 20.0 Å². The number of hydrogen-bond acceptors (Lipinski definition) is 3. The molecule has 3 aromatic rings. The summed E-state index contributed by atoms with van der Waals surface area (Å²) in [5.41, 5.74) is 5.03. The van der Waals surface area contributed by atoms with Gasteiger partial charge in [-0.15, -0.1) is 0 Å². The molecule has 2 saturated heterocycles. The van der Waals surface area contributed by atoms with Crippen molar-refractivity contribution in [3.05, 3.63) is 75.0 Å². The van der Waals surface area contributed by atoms with E-state index in [0.717, 1.165) is 54.6 Å². The van der Waals surface area contributed by atoms with Gasteiger partial charge in [0, 0.05) is 53.4 Å². The van der Waals surface area contributed by atoms with Gasteiger partial charge in [-0.05, 0) is 91.5 Å². The summed E-state index contributed by atoms with van der Waals surface area (Å²) in [5, 5.41) is 8.19. The molecule has 1 aliphatic carbocycles. The summed E-state index contributed by atoms with van der Waals surface area (Å²) in [5.74, 6) is -1.66. The zero-order valence-electron chi connectivity index (χ0n) is 22.9. The molecule has 2 fully saturated rings. The van der Waals surface area contributed by atoms with Gasteiger partial charge in [0.1, 0.15) is 0 Å². The van der Waals surface area contributed by atoms with E-state index in [2.05, 4.69) is 10.2 Å². The van der Waals surface area contributed by atoms with Crippen LogP contribution in [-0.2, 0) is 24.1 Å². The summed E-state index contributed by atoms with van der Waals surface area (Å²) < 4.78 is 38.9. The Hall–Kier alpha value is -3.04. The maximum atomic E-state index is 13.4. The van der Waals surface area contributed by atoms with E-state index in [1.54, 1.807) is 24.3 Å². The standard InChI is InChI=1S/C31H31Cl2F3N4O2/c32-26-15-21(18-1-3-19(4-2-18)29(41)39-10-8-23(9-11-39)31(34,35)36)16-27(33)25(26)14-20-7-12-40(30(20)42)24-5-6-28-22(13-24)17-37-38-28/h1-4,15-17,20,23-24H,5-14H2,(H,37,38)/t20-,24-/m0/s1. The average Bonchev–Trinajstić information content (AvgIpc) is 3.60. The highest BCUT2D eigenvalue weighted by molar-refractivity contribution is 6.36. The second-order valence-electron chi connectivity index (χ2n) is 11.6. The van der Waals surface area contributed by atoms with Crippen molar-refractivity contribution < 1.29 is 22.8 Å². The van der Waals surface area contributed by atoms with Crippen molar-refractivity contribution in [2.24, 2.45) is 11.8 Å². The van der Waals surface area contributed by atoms with Gasteiger partial charge in [0.05, 0.1) is 11.6 Å². The second-order valence-corrected chi connectivity index (χ2v) is 12.4. The lowest BCUT2D eigenvalue weighted by Gasteiger charge is -2.33. The fourth-order valence-electron chi connectivity index (χ4n) is 6.59. The Morgan fingerprint density at radius 3 is 2.33 bits per heavy atom. The molecule has 222 valence electrons. The summed E-state index contributed by atoms with van der Waals surface area (Å²) in [7, 11) is 0. The topological polar surface area (TPSA) is 69.3 Å². The molecule has 2 atom stereocenters. The number of halogens is 5. The molecule has 1 N–H and O–H groups in total. The minimum absolute atomic E-state index is 0.0755. The Morgan fingerprint density at radius 1 is 0.976 bits per heavy atom. The molecule has 11 heteroatoms. The van der Waals surface area contributed by atoms with Crippen LogP contribution >= 0.6 is 23.2 Å². The Kier molecular flexibility index (Phi) is 8.00. The van der Waals surface area contributed by atoms with Crippen molar-refractivity contribution in [1.29, 1.82) is 0 Å². The van der Waals surface area contributed by atoms with E-state index in [-0.39, 0.29) is 49.7 Å². The van der Waals surface area contributed by atoms with Crippen LogP contribution < -0.4 is 0 Å². The number of amides is 2. The number of benzene rings is 2. The number of nitrogens with one attached hydrogen (secondary N) is 1. The first-order valence-corrected chi connectivity index (χ1v) is 15.1. The Morgan fingerprint density at radius 2 is 1.67 bits per heavy atom. The minimum atomic E-state index is -4.22. The third kappa shape index (κ3) is 5.78. The molecular weight excluding hydrogens is 588 g/mol. The first kappa shape index (κ1) is 29.1. The number of fused-ring (bicyclic) bond motifs is 1. The van der Waals surface area contributed by atoms with Crippen LogP contribution in [0.3, 0.4) is 0 Å². The van der Waals surface area contributed by atoms with Crippen LogP contribution in [0.25, 0.3) is 11.1 Å². The number of alkyl halides is 3. The number of nitrogens with zero attached hydrogens (tertiary/aromatic N) is 3. The van der Waals surface area contributed by atoms with E-state index in [0.29, 0.717) is 22.0 Å². The van der Waals surface area contributed by atoms with Crippen LogP contribution in [0.2, 0.25) is 10.0 Å². The third-order valence-electron chi connectivity index (χ3n) is 9.07. The molecule has 3 aliphatic rings. The zero-order chi connectivity index (χ0) is 29.6. The molecule has 1 aromatic heterocycles. The number of aryl methyl sites for hydroxylation is 1. The largest absolute Gasteiger partial charge is 0.391 e. The minimum Gasteiger partial charge on any atom is -0.339 e. The Labute approximate surface area is 252 Å². The highest BCUT2D eigenvalue weighted by Crippen LogP contribution is 2.37. The summed E-state index contributed by atoms with van der Waals surface area (Å²) in [6, 6.07) is 10.7. The molecule has 2 amide bonds. The Balaban J connectivity index is 1.09. The van der Waals surface area contributed by atoms with Gasteiger partial charge in [0.25, 0.3) is 5.91 Å². The van der Waals surface area contributed by atoms with Crippen LogP contribution in [0.4, 0.5) is 13.2 Å². The van der Waals surface area contributed by atoms with E-state index >= 15 is 0 Å². The number of carbonyl (C=O) groups is 2. The first-order valence-electron chi connectivity index (χ1n) is 14.3. The number of rotatable bonds is 5. The molecule has 0 spiro atoms. The SMILES string of the molecule is O=C(c1ccc(-c2cc(Cl)c(C[C@@H]3CCN([C@H]4CCc5n[nH]cc5C4)C3=O)c(Cl)c2)cc1)N1CCC(C(F)(F)F)CC1. The third-order valence-corrected chi connectivity index (χ3v) is 9.75. The highest BCUT2D eigenvalue weighted by atomic mass is 35.5. The smallest absolute Gasteiger partial charge is 0.339 e. The number of aromatic nitrogens is 2. The molecule has 0 bridgehead atoms. The maximum absolute atomic E-state index is 13.4. The molecular formula is C31H31Cl2F3N4O2. The predicted molar refractivity (Wildman–Crippen MR) is 155 cm³/mol. The fraction of sp³-hybridized carbons (Fsp3) is 0.452. The van der Waals surface area contributed by atoms with Crippen molar-refractivity contribution in [2.45, 2.75) is 57.2 Å². The lowest BCUT2D eigenvalue weighted by Crippen LogP contribution is -2.42. The molecule has 0 radical (unpaired) electrons. The van der Waals surface area contributed by atoms with Gasteiger partial charge >= 0.3 is 6.18 Å². The average molecular weight is 620 g/mol. The van der Waals surface area contributed by atoms with Gasteiger partial charge < -0.3 is 9.80 Å². The van der Waals surface area contributed by atoms with Crippen molar-refractivity contribution in [3.8, 4) is 11.1 Å². The number of H-pyrrole nitrogens is 1. The molecule has 6 rings (SSSR count). The number of likely N-dealkylation sites (tertiary alicyclic amines) is 2. The van der Waals surface area contributed by atoms with Gasteiger partial charge in [-0.3, -0.25) is 14.7 Å². The lowest BCUT2D eigenvalue weighted by atomic mass is 9.92. The number of piperidine rings is 1. The van der Waals surface area contributed by atoms with E-state index in [4.69, 9.17) is 23.2 Å². The predicted octanol–water partition coefficient (Wildman–Crippen LogP) is 6.75. The fourth-order valence-corrected chi connectivity index (χ4v) is 7.23. The van der Waals surface area contributed by atoms with Gasteiger partial charge in [-0.1, -0.05) is 35.3 Å². The van der Waals surface area contributed by atoms with Crippen LogP contribution in [0, 0.1) is 11.8 Å². The maximum Gasteiger partial charge on any atom is 0.391 e. The Bertz CT molecular complexity index is 1460. The summed E-state index contributed by atoms with van der Waals surface area (Å²) in [6.07, 6.45) is 1.38. The van der Waals surface area contributed by atoms with E-state index in [1.165, 1.54) is 10.5 Å². The highest BCUT2D eigenvalue weighted by Gasteiger charge is 2.42. The van der Waals surface area contributed by atoms with E-state index < -0.39 is 12.1 Å². The molecule has 42 heavy (non-hydrogen) atoms. The number of carbonyl (C=O) groups excluding carboxylic acids is 2. The summed E-state index contributed by atoms with van der Waals surface area (Å²) in [4.78, 5) is 29.7. The van der Waals surface area contributed by atoms with Crippen LogP contribution in [0.1, 0.15) is 52.9 Å². The van der Waals surface area contributed by atoms with Crippen molar-refractivity contribution >= 4 is 35.0 Å². The van der Waals surface area contributed by atoms with Gasteiger partial charge in [-0.2, -0.15) is 18.3 Å².